The summed E-state index contributed by atoms with van der Waals surface area (Å²) in [5, 5.41) is 2.25. The highest BCUT2D eigenvalue weighted by molar-refractivity contribution is 6.33. The molecule has 1 N–H and O–H groups in total. The lowest BCUT2D eigenvalue weighted by Gasteiger charge is -2.07. The third-order valence-electron chi connectivity index (χ3n) is 7.56. The third-order valence-corrected chi connectivity index (χ3v) is 7.56. The number of carbonyl (C=O) groups is 4. The zero-order chi connectivity index (χ0) is 31.7. The molecule has 0 saturated carbocycles. The SMILES string of the molecule is O=C1C=C(c2ccc(OCCCCCCCCCCCCC(=O)Oc3ccc(C=CC(=O)c4ccccc4)cc3)cc2)C(=O)N1. The summed E-state index contributed by atoms with van der Waals surface area (Å²) in [7, 11) is 0. The lowest BCUT2D eigenvalue weighted by Crippen LogP contribution is -2.21. The number of esters is 1. The van der Waals surface area contributed by atoms with Gasteiger partial charge in [-0.05, 0) is 54.3 Å². The first-order valence-electron chi connectivity index (χ1n) is 15.9. The minimum Gasteiger partial charge on any atom is -0.494 e. The number of unbranched alkanes of at least 4 members (excludes halogenated alkanes) is 9. The van der Waals surface area contributed by atoms with E-state index < -0.39 is 0 Å². The second-order valence-electron chi connectivity index (χ2n) is 11.1. The molecular formula is C38H41NO6. The molecule has 3 aromatic carbocycles. The van der Waals surface area contributed by atoms with E-state index in [4.69, 9.17) is 9.47 Å². The molecule has 234 valence electrons. The molecule has 7 nitrogen and oxygen atoms in total. The molecule has 45 heavy (non-hydrogen) atoms. The van der Waals surface area contributed by atoms with Gasteiger partial charge in [-0.25, -0.2) is 0 Å². The van der Waals surface area contributed by atoms with Crippen molar-refractivity contribution >= 4 is 35.2 Å². The van der Waals surface area contributed by atoms with E-state index in [-0.39, 0.29) is 23.6 Å². The van der Waals surface area contributed by atoms with Gasteiger partial charge in [-0.3, -0.25) is 24.5 Å². The summed E-state index contributed by atoms with van der Waals surface area (Å²) in [4.78, 5) is 47.5. The van der Waals surface area contributed by atoms with Crippen molar-refractivity contribution in [2.45, 2.75) is 70.6 Å². The number of ketones is 1. The Morgan fingerprint density at radius 1 is 0.667 bits per heavy atom. The molecule has 0 fully saturated rings. The number of rotatable bonds is 19. The normalized spacial score (nSPS) is 12.7. The summed E-state index contributed by atoms with van der Waals surface area (Å²) in [5.41, 5.74) is 2.60. The van der Waals surface area contributed by atoms with Crippen molar-refractivity contribution in [1.29, 1.82) is 0 Å². The molecule has 1 aliphatic rings. The Morgan fingerprint density at radius 2 is 1.27 bits per heavy atom. The summed E-state index contributed by atoms with van der Waals surface area (Å²) < 4.78 is 11.3. The van der Waals surface area contributed by atoms with E-state index in [1.165, 1.54) is 38.2 Å². The van der Waals surface area contributed by atoms with Gasteiger partial charge >= 0.3 is 5.97 Å². The zero-order valence-corrected chi connectivity index (χ0v) is 25.7. The van der Waals surface area contributed by atoms with Crippen LogP contribution in [0.2, 0.25) is 0 Å². The lowest BCUT2D eigenvalue weighted by atomic mass is 10.1. The van der Waals surface area contributed by atoms with Crippen LogP contribution < -0.4 is 14.8 Å². The number of hydrogen-bond donors (Lipinski definition) is 1. The number of allylic oxidation sites excluding steroid dienone is 1. The smallest absolute Gasteiger partial charge is 0.311 e. The molecule has 0 radical (unpaired) electrons. The van der Waals surface area contributed by atoms with Crippen LogP contribution in [0.5, 0.6) is 11.5 Å². The topological polar surface area (TPSA) is 98.8 Å². The molecule has 3 aromatic rings. The minimum absolute atomic E-state index is 0.0532. The highest BCUT2D eigenvalue weighted by Gasteiger charge is 2.21. The first-order chi connectivity index (χ1) is 22.0. The standard InChI is InChI=1S/C38H41NO6/c40-35(31-14-10-9-11-15-31)26-19-29-17-22-33(23-18-29)45-37(42)16-12-7-5-3-1-2-4-6-8-13-27-44-32-24-20-30(21-25-32)34-28-36(41)39-38(34)43/h9-11,14-15,17-26,28H,1-8,12-13,16,27H2,(H,39,41,43). The third kappa shape index (κ3) is 11.7. The molecule has 2 amide bonds. The van der Waals surface area contributed by atoms with E-state index in [9.17, 15) is 19.2 Å². The predicted octanol–water partition coefficient (Wildman–Crippen LogP) is 7.90. The van der Waals surface area contributed by atoms with Gasteiger partial charge in [-0.15, -0.1) is 0 Å². The molecule has 0 spiro atoms. The summed E-state index contributed by atoms with van der Waals surface area (Å²) >= 11 is 0. The Kier molecular flexibility index (Phi) is 13.3. The van der Waals surface area contributed by atoms with Crippen molar-refractivity contribution < 1.29 is 28.7 Å². The van der Waals surface area contributed by atoms with Gasteiger partial charge in [0.1, 0.15) is 11.5 Å². The van der Waals surface area contributed by atoms with E-state index in [0.717, 1.165) is 43.4 Å². The number of ether oxygens (including phenoxy) is 2. The highest BCUT2D eigenvalue weighted by atomic mass is 16.5. The Balaban J connectivity index is 0.955. The quantitative estimate of drug-likeness (QED) is 0.0372. The Bertz CT molecular complexity index is 1470. The van der Waals surface area contributed by atoms with Gasteiger partial charge in [0.2, 0.25) is 0 Å². The largest absolute Gasteiger partial charge is 0.494 e. The van der Waals surface area contributed by atoms with Crippen LogP contribution in [-0.2, 0) is 14.4 Å². The van der Waals surface area contributed by atoms with Crippen molar-refractivity contribution in [2.75, 3.05) is 6.61 Å². The number of imide groups is 1. The van der Waals surface area contributed by atoms with Crippen molar-refractivity contribution in [3.05, 3.63) is 108 Å². The second-order valence-corrected chi connectivity index (χ2v) is 11.1. The fourth-order valence-corrected chi connectivity index (χ4v) is 5.03. The minimum atomic E-state index is -0.380. The maximum atomic E-state index is 12.2. The number of nitrogens with one attached hydrogen (secondary N) is 1. The van der Waals surface area contributed by atoms with Gasteiger partial charge in [-0.1, -0.05) is 112 Å². The van der Waals surface area contributed by atoms with E-state index >= 15 is 0 Å². The van der Waals surface area contributed by atoms with Crippen molar-refractivity contribution in [3.8, 4) is 11.5 Å². The zero-order valence-electron chi connectivity index (χ0n) is 25.7. The van der Waals surface area contributed by atoms with Gasteiger partial charge in [0, 0.05) is 18.1 Å². The van der Waals surface area contributed by atoms with Gasteiger partial charge in [0.25, 0.3) is 11.8 Å². The van der Waals surface area contributed by atoms with E-state index in [1.54, 1.807) is 48.6 Å². The lowest BCUT2D eigenvalue weighted by molar-refractivity contribution is -0.134. The molecule has 0 aromatic heterocycles. The van der Waals surface area contributed by atoms with Crippen molar-refractivity contribution in [1.82, 2.24) is 5.32 Å². The Labute approximate surface area is 265 Å². The van der Waals surface area contributed by atoms with Gasteiger partial charge < -0.3 is 9.47 Å². The van der Waals surface area contributed by atoms with E-state index in [0.29, 0.717) is 35.5 Å². The van der Waals surface area contributed by atoms with E-state index in [2.05, 4.69) is 5.32 Å². The highest BCUT2D eigenvalue weighted by Crippen LogP contribution is 2.22. The van der Waals surface area contributed by atoms with Crippen molar-refractivity contribution in [2.24, 2.45) is 0 Å². The van der Waals surface area contributed by atoms with Crippen LogP contribution in [0.1, 0.15) is 92.1 Å². The Morgan fingerprint density at radius 3 is 1.89 bits per heavy atom. The van der Waals surface area contributed by atoms with Crippen LogP contribution in [-0.4, -0.2) is 30.2 Å². The van der Waals surface area contributed by atoms with Crippen LogP contribution in [0.15, 0.2) is 91.0 Å². The number of hydrogen-bond acceptors (Lipinski definition) is 6. The molecule has 1 heterocycles. The van der Waals surface area contributed by atoms with Crippen molar-refractivity contribution in [3.63, 3.8) is 0 Å². The van der Waals surface area contributed by atoms with Gasteiger partial charge in [-0.2, -0.15) is 0 Å². The van der Waals surface area contributed by atoms with Crippen LogP contribution in [0.3, 0.4) is 0 Å². The number of carbonyl (C=O) groups excluding carboxylic acids is 4. The van der Waals surface area contributed by atoms with Crippen LogP contribution >= 0.6 is 0 Å². The summed E-state index contributed by atoms with van der Waals surface area (Å²) in [6.07, 6.45) is 16.2. The molecule has 1 aliphatic heterocycles. The number of amides is 2. The summed E-state index contributed by atoms with van der Waals surface area (Å²) in [5.74, 6) is 0.259. The monoisotopic (exact) mass is 607 g/mol. The molecule has 7 heteroatoms. The molecule has 0 aliphatic carbocycles. The average molecular weight is 608 g/mol. The molecule has 0 saturated heterocycles. The maximum Gasteiger partial charge on any atom is 0.311 e. The first kappa shape index (κ1) is 33.1. The molecule has 0 bridgehead atoms. The van der Waals surface area contributed by atoms with Crippen LogP contribution in [0.4, 0.5) is 0 Å². The predicted molar refractivity (Wildman–Crippen MR) is 176 cm³/mol. The summed E-state index contributed by atoms with van der Waals surface area (Å²) in [6, 6.07) is 23.5. The fourth-order valence-electron chi connectivity index (χ4n) is 5.03. The van der Waals surface area contributed by atoms with E-state index in [1.807, 2.05) is 42.5 Å². The van der Waals surface area contributed by atoms with Crippen LogP contribution in [0, 0.1) is 0 Å². The second kappa shape index (κ2) is 18.1. The maximum absolute atomic E-state index is 12.2. The molecule has 4 rings (SSSR count). The van der Waals surface area contributed by atoms with Crippen LogP contribution in [0.25, 0.3) is 11.6 Å². The number of benzene rings is 3. The Hall–Kier alpha value is -4.78. The average Bonchev–Trinajstić information content (AvgIpc) is 3.40. The fraction of sp³-hybridized carbons (Fsp3) is 0.316. The molecule has 0 atom stereocenters. The van der Waals surface area contributed by atoms with Gasteiger partial charge in [0.05, 0.1) is 12.2 Å². The molecule has 0 unspecified atom stereocenters. The van der Waals surface area contributed by atoms with Gasteiger partial charge in [0.15, 0.2) is 5.78 Å². The summed E-state index contributed by atoms with van der Waals surface area (Å²) in [6.45, 7) is 0.656. The first-order valence-corrected chi connectivity index (χ1v) is 15.9. The molecular weight excluding hydrogens is 566 g/mol.